The Kier molecular flexibility index (Phi) is 3.20. The highest BCUT2D eigenvalue weighted by atomic mass is 79.9. The molecule has 4 nitrogen and oxygen atoms in total. The van der Waals surface area contributed by atoms with Gasteiger partial charge in [-0.3, -0.25) is 0 Å². The zero-order chi connectivity index (χ0) is 13.5. The summed E-state index contributed by atoms with van der Waals surface area (Å²) in [6.45, 7) is 3.08. The summed E-state index contributed by atoms with van der Waals surface area (Å²) in [5, 5.41) is 17.2. The van der Waals surface area contributed by atoms with Crippen molar-refractivity contribution in [3.05, 3.63) is 40.1 Å². The van der Waals surface area contributed by atoms with Crippen molar-refractivity contribution in [3.8, 4) is 5.69 Å². The highest BCUT2D eigenvalue weighted by Crippen LogP contribution is 2.24. The number of hydrogen-bond acceptors (Lipinski definition) is 3. The van der Waals surface area contributed by atoms with E-state index in [1.807, 2.05) is 0 Å². The van der Waals surface area contributed by atoms with Gasteiger partial charge in [-0.25, -0.2) is 13.5 Å². The number of aliphatic hydroxyl groups is 1. The van der Waals surface area contributed by atoms with Crippen molar-refractivity contribution >= 4 is 15.9 Å². The van der Waals surface area contributed by atoms with Crippen molar-refractivity contribution in [1.82, 2.24) is 15.0 Å². The van der Waals surface area contributed by atoms with Gasteiger partial charge in [-0.05, 0) is 35.8 Å². The Hall–Kier alpha value is -1.34. The molecule has 0 aliphatic rings. The summed E-state index contributed by atoms with van der Waals surface area (Å²) >= 11 is 2.97. The molecule has 96 valence electrons. The summed E-state index contributed by atoms with van der Waals surface area (Å²) in [5.41, 5.74) is -0.833. The van der Waals surface area contributed by atoms with Gasteiger partial charge in [0.2, 0.25) is 0 Å². The quantitative estimate of drug-likeness (QED) is 0.866. The molecule has 0 saturated carbocycles. The molecular weight excluding hydrogens is 308 g/mol. The Morgan fingerprint density at radius 1 is 1.28 bits per heavy atom. The van der Waals surface area contributed by atoms with E-state index >= 15 is 0 Å². The van der Waals surface area contributed by atoms with Crippen molar-refractivity contribution in [2.24, 2.45) is 0 Å². The molecule has 0 amide bonds. The number of benzene rings is 1. The van der Waals surface area contributed by atoms with Crippen LogP contribution in [0.3, 0.4) is 0 Å². The molecule has 2 rings (SSSR count). The summed E-state index contributed by atoms with van der Waals surface area (Å²) in [7, 11) is 0. The third-order valence-corrected chi connectivity index (χ3v) is 2.96. The molecule has 0 saturated heterocycles. The normalized spacial score (nSPS) is 11.9. The Morgan fingerprint density at radius 3 is 2.50 bits per heavy atom. The smallest absolute Gasteiger partial charge is 0.151 e. The Balaban J connectivity index is 2.50. The number of halogens is 3. The topological polar surface area (TPSA) is 50.9 Å². The standard InChI is InChI=1S/C11H10BrF2N3O/c1-11(2,18)10-5-17(16-15-10)9-3-6(12)7(13)4-8(9)14/h3-5,18H,1-2H3. The zero-order valence-corrected chi connectivity index (χ0v) is 11.2. The average Bonchev–Trinajstić information content (AvgIpc) is 2.72. The second-order valence-corrected chi connectivity index (χ2v) is 5.18. The minimum Gasteiger partial charge on any atom is -0.384 e. The van der Waals surface area contributed by atoms with Crippen LogP contribution in [-0.2, 0) is 5.60 Å². The van der Waals surface area contributed by atoms with Crippen molar-refractivity contribution in [2.75, 3.05) is 0 Å². The van der Waals surface area contributed by atoms with Crippen molar-refractivity contribution in [3.63, 3.8) is 0 Å². The third kappa shape index (κ3) is 2.41. The van der Waals surface area contributed by atoms with Gasteiger partial charge in [0.05, 0.1) is 10.7 Å². The van der Waals surface area contributed by atoms with Gasteiger partial charge in [-0.2, -0.15) is 0 Å². The fourth-order valence-corrected chi connectivity index (χ4v) is 1.68. The van der Waals surface area contributed by atoms with Gasteiger partial charge in [0.25, 0.3) is 0 Å². The van der Waals surface area contributed by atoms with E-state index in [1.165, 1.54) is 26.1 Å². The van der Waals surface area contributed by atoms with Crippen LogP contribution in [0.1, 0.15) is 19.5 Å². The molecule has 1 N–H and O–H groups in total. The number of rotatable bonds is 2. The molecule has 0 aliphatic heterocycles. The SMILES string of the molecule is CC(C)(O)c1cn(-c2cc(Br)c(F)cc2F)nn1. The van der Waals surface area contributed by atoms with E-state index in [1.54, 1.807) is 0 Å². The van der Waals surface area contributed by atoms with Gasteiger partial charge in [0.15, 0.2) is 5.82 Å². The van der Waals surface area contributed by atoms with Crippen LogP contribution in [-0.4, -0.2) is 20.1 Å². The molecule has 0 aliphatic carbocycles. The van der Waals surface area contributed by atoms with E-state index in [0.717, 1.165) is 10.7 Å². The van der Waals surface area contributed by atoms with E-state index in [-0.39, 0.29) is 10.2 Å². The lowest BCUT2D eigenvalue weighted by molar-refractivity contribution is 0.0737. The van der Waals surface area contributed by atoms with Crippen LogP contribution in [0.5, 0.6) is 0 Å². The first kappa shape index (κ1) is 13.1. The summed E-state index contributed by atoms with van der Waals surface area (Å²) in [5.74, 6) is -1.46. The van der Waals surface area contributed by atoms with Gasteiger partial charge >= 0.3 is 0 Å². The van der Waals surface area contributed by atoms with E-state index in [9.17, 15) is 13.9 Å². The van der Waals surface area contributed by atoms with Gasteiger partial charge in [0.1, 0.15) is 22.8 Å². The highest BCUT2D eigenvalue weighted by Gasteiger charge is 2.21. The second kappa shape index (κ2) is 4.40. The maximum absolute atomic E-state index is 13.6. The van der Waals surface area contributed by atoms with Crippen LogP contribution < -0.4 is 0 Å². The third-order valence-electron chi connectivity index (χ3n) is 2.36. The first-order valence-corrected chi connectivity index (χ1v) is 5.88. The van der Waals surface area contributed by atoms with Crippen molar-refractivity contribution in [2.45, 2.75) is 19.4 Å². The largest absolute Gasteiger partial charge is 0.384 e. The van der Waals surface area contributed by atoms with Gasteiger partial charge in [-0.1, -0.05) is 5.21 Å². The molecule has 2 aromatic rings. The molecule has 1 aromatic heterocycles. The van der Waals surface area contributed by atoms with Crippen LogP contribution in [0.4, 0.5) is 8.78 Å². The molecule has 0 atom stereocenters. The van der Waals surface area contributed by atoms with E-state index in [0.29, 0.717) is 5.69 Å². The van der Waals surface area contributed by atoms with E-state index in [2.05, 4.69) is 26.2 Å². The molecule has 0 spiro atoms. The number of nitrogens with zero attached hydrogens (tertiary/aromatic N) is 3. The monoisotopic (exact) mass is 317 g/mol. The van der Waals surface area contributed by atoms with Crippen LogP contribution >= 0.6 is 15.9 Å². The molecule has 0 unspecified atom stereocenters. The lowest BCUT2D eigenvalue weighted by Crippen LogP contribution is -2.15. The molecule has 0 radical (unpaired) electrons. The lowest BCUT2D eigenvalue weighted by Gasteiger charge is -2.11. The fraction of sp³-hybridized carbons (Fsp3) is 0.273. The predicted molar refractivity (Wildman–Crippen MR) is 64.2 cm³/mol. The lowest BCUT2D eigenvalue weighted by atomic mass is 10.1. The van der Waals surface area contributed by atoms with Crippen molar-refractivity contribution < 1.29 is 13.9 Å². The average molecular weight is 318 g/mol. The Morgan fingerprint density at radius 2 is 1.94 bits per heavy atom. The summed E-state index contributed by atoms with van der Waals surface area (Å²) < 4.78 is 28.0. The van der Waals surface area contributed by atoms with Gasteiger partial charge in [0, 0.05) is 6.07 Å². The van der Waals surface area contributed by atoms with Crippen LogP contribution in [0.15, 0.2) is 22.8 Å². The Bertz CT molecular complexity index is 592. The highest BCUT2D eigenvalue weighted by molar-refractivity contribution is 9.10. The second-order valence-electron chi connectivity index (χ2n) is 4.33. The van der Waals surface area contributed by atoms with Gasteiger partial charge < -0.3 is 5.11 Å². The van der Waals surface area contributed by atoms with Crippen LogP contribution in [0.25, 0.3) is 5.69 Å². The van der Waals surface area contributed by atoms with Gasteiger partial charge in [-0.15, -0.1) is 5.10 Å². The number of hydrogen-bond donors (Lipinski definition) is 1. The number of aromatic nitrogens is 3. The summed E-state index contributed by atoms with van der Waals surface area (Å²) in [6.07, 6.45) is 1.39. The maximum Gasteiger partial charge on any atom is 0.151 e. The fourth-order valence-electron chi connectivity index (χ4n) is 1.35. The molecule has 7 heteroatoms. The van der Waals surface area contributed by atoms with Crippen LogP contribution in [0, 0.1) is 11.6 Å². The maximum atomic E-state index is 13.6. The summed E-state index contributed by atoms with van der Waals surface area (Å²) in [4.78, 5) is 0. The zero-order valence-electron chi connectivity index (χ0n) is 9.65. The molecule has 0 fully saturated rings. The van der Waals surface area contributed by atoms with Crippen molar-refractivity contribution in [1.29, 1.82) is 0 Å². The molecule has 1 heterocycles. The minimum absolute atomic E-state index is 0.0475. The molecular formula is C11H10BrF2N3O. The molecule has 1 aromatic carbocycles. The summed E-state index contributed by atoms with van der Waals surface area (Å²) in [6, 6.07) is 2.01. The predicted octanol–water partition coefficient (Wildman–Crippen LogP) is 2.54. The molecule has 18 heavy (non-hydrogen) atoms. The first-order valence-electron chi connectivity index (χ1n) is 5.09. The van der Waals surface area contributed by atoms with E-state index in [4.69, 9.17) is 0 Å². The first-order chi connectivity index (χ1) is 8.29. The van der Waals surface area contributed by atoms with Crippen LogP contribution in [0.2, 0.25) is 0 Å². The molecule has 0 bridgehead atoms. The minimum atomic E-state index is -1.17. The van der Waals surface area contributed by atoms with E-state index < -0.39 is 17.2 Å². The Labute approximate surface area is 110 Å².